The molecule has 0 unspecified atom stereocenters. The van der Waals surface area contributed by atoms with E-state index in [0.717, 1.165) is 12.0 Å². The maximum atomic E-state index is 11.3. The summed E-state index contributed by atoms with van der Waals surface area (Å²) in [6.07, 6.45) is 2.09. The summed E-state index contributed by atoms with van der Waals surface area (Å²) in [5, 5.41) is 11.5. The van der Waals surface area contributed by atoms with Crippen LogP contribution in [0.1, 0.15) is 18.1 Å². The van der Waals surface area contributed by atoms with Gasteiger partial charge < -0.3 is 19.9 Å². The molecule has 7 heteroatoms. The average Bonchev–Trinajstić information content (AvgIpc) is 2.63. The molecule has 27 heavy (non-hydrogen) atoms. The predicted octanol–water partition coefficient (Wildman–Crippen LogP) is 3.64. The Bertz CT molecular complexity index is 849. The lowest BCUT2D eigenvalue weighted by Gasteiger charge is -2.14. The Morgan fingerprint density at radius 1 is 1.22 bits per heavy atom. The minimum absolute atomic E-state index is 0.228. The van der Waals surface area contributed by atoms with Crippen LogP contribution in [0.4, 0.5) is 0 Å². The van der Waals surface area contributed by atoms with Crippen molar-refractivity contribution in [3.63, 3.8) is 0 Å². The Balaban J connectivity index is 2.20. The fraction of sp³-hybridized carbons (Fsp3) is 0.200. The number of methoxy groups -OCH3 is 1. The number of hydrogen-bond acceptors (Lipinski definition) is 4. The molecule has 0 saturated carbocycles. The van der Waals surface area contributed by atoms with E-state index < -0.39 is 11.9 Å². The lowest BCUT2D eigenvalue weighted by Crippen LogP contribution is -2.24. The number of carbonyl (C=O) groups excluding carboxylic acids is 1. The van der Waals surface area contributed by atoms with Crippen molar-refractivity contribution in [1.29, 1.82) is 0 Å². The highest BCUT2D eigenvalue weighted by molar-refractivity contribution is 9.10. The molecule has 142 valence electrons. The van der Waals surface area contributed by atoms with Crippen molar-refractivity contribution < 1.29 is 24.2 Å². The van der Waals surface area contributed by atoms with E-state index in [-0.39, 0.29) is 5.70 Å². The third-order valence-corrected chi connectivity index (χ3v) is 4.17. The van der Waals surface area contributed by atoms with Gasteiger partial charge in [-0.15, -0.1) is 0 Å². The lowest BCUT2D eigenvalue weighted by molar-refractivity contribution is -0.134. The van der Waals surface area contributed by atoms with Crippen LogP contribution in [0, 0.1) is 0 Å². The molecule has 6 nitrogen and oxygen atoms in total. The Hall–Kier alpha value is -2.80. The zero-order chi connectivity index (χ0) is 19.8. The van der Waals surface area contributed by atoms with Crippen LogP contribution in [0.3, 0.4) is 0 Å². The summed E-state index contributed by atoms with van der Waals surface area (Å²) in [7, 11) is 1.51. The fourth-order valence-electron chi connectivity index (χ4n) is 2.39. The van der Waals surface area contributed by atoms with Gasteiger partial charge in [-0.05, 0) is 45.3 Å². The molecule has 0 aliphatic carbocycles. The summed E-state index contributed by atoms with van der Waals surface area (Å²) in [6, 6.07) is 13.3. The molecule has 0 spiro atoms. The molecule has 0 bridgehead atoms. The fourth-order valence-corrected chi connectivity index (χ4v) is 2.96. The van der Waals surface area contributed by atoms with Crippen LogP contribution >= 0.6 is 15.9 Å². The Kier molecular flexibility index (Phi) is 7.43. The van der Waals surface area contributed by atoms with Crippen LogP contribution in [-0.2, 0) is 16.0 Å². The second-order valence-electron chi connectivity index (χ2n) is 5.66. The third-order valence-electron chi connectivity index (χ3n) is 3.58. The Labute approximate surface area is 165 Å². The lowest BCUT2D eigenvalue weighted by atomic mass is 10.1. The highest BCUT2D eigenvalue weighted by Crippen LogP contribution is 2.37. The smallest absolute Gasteiger partial charge is 0.352 e. The minimum atomic E-state index is -1.23. The first-order chi connectivity index (χ1) is 12.9. The maximum Gasteiger partial charge on any atom is 0.352 e. The molecule has 0 atom stereocenters. The van der Waals surface area contributed by atoms with Crippen molar-refractivity contribution in [3.05, 3.63) is 63.8 Å². The van der Waals surface area contributed by atoms with Gasteiger partial charge in [0.25, 0.3) is 0 Å². The van der Waals surface area contributed by atoms with Gasteiger partial charge >= 0.3 is 5.97 Å². The first-order valence-corrected chi connectivity index (χ1v) is 8.97. The van der Waals surface area contributed by atoms with E-state index in [9.17, 15) is 14.7 Å². The summed E-state index contributed by atoms with van der Waals surface area (Å²) >= 11 is 3.43. The van der Waals surface area contributed by atoms with Crippen LogP contribution in [0.2, 0.25) is 0 Å². The van der Waals surface area contributed by atoms with E-state index in [1.807, 2.05) is 30.3 Å². The van der Waals surface area contributed by atoms with Crippen LogP contribution in [0.5, 0.6) is 11.5 Å². The molecule has 0 fully saturated rings. The molecule has 0 aliphatic rings. The number of ether oxygens (including phenoxy) is 2. The average molecular weight is 434 g/mol. The summed E-state index contributed by atoms with van der Waals surface area (Å²) in [4.78, 5) is 22.4. The zero-order valence-corrected chi connectivity index (χ0v) is 16.6. The molecular formula is C20H20BrNO5. The first-order valence-electron chi connectivity index (χ1n) is 8.17. The van der Waals surface area contributed by atoms with E-state index in [1.54, 1.807) is 12.1 Å². The van der Waals surface area contributed by atoms with Crippen molar-refractivity contribution >= 4 is 33.9 Å². The summed E-state index contributed by atoms with van der Waals surface area (Å²) < 4.78 is 11.8. The van der Waals surface area contributed by atoms with Crippen LogP contribution in [0.15, 0.2) is 52.6 Å². The molecule has 0 radical (unpaired) electrons. The van der Waals surface area contributed by atoms with E-state index >= 15 is 0 Å². The van der Waals surface area contributed by atoms with Gasteiger partial charge in [0.15, 0.2) is 11.5 Å². The normalized spacial score (nSPS) is 11.0. The minimum Gasteiger partial charge on any atom is -0.493 e. The highest BCUT2D eigenvalue weighted by Gasteiger charge is 2.14. The van der Waals surface area contributed by atoms with Crippen LogP contribution in [0.25, 0.3) is 6.08 Å². The van der Waals surface area contributed by atoms with E-state index in [1.165, 1.54) is 20.1 Å². The van der Waals surface area contributed by atoms with Gasteiger partial charge in [0, 0.05) is 13.3 Å². The van der Waals surface area contributed by atoms with Gasteiger partial charge in [0.1, 0.15) is 5.70 Å². The number of benzene rings is 2. The second kappa shape index (κ2) is 9.78. The van der Waals surface area contributed by atoms with Crippen molar-refractivity contribution in [2.45, 2.75) is 13.3 Å². The standard InChI is InChI=1S/C20H20BrNO5/c1-13(23)22-17(20(24)25)11-15-10-16(21)19(18(12-15)26-2)27-9-8-14-6-4-3-5-7-14/h3-7,10-12H,8-9H2,1-2H3,(H,22,23)(H,24,25)/b17-11+. The summed E-state index contributed by atoms with van der Waals surface area (Å²) in [5.74, 6) is -0.711. The van der Waals surface area contributed by atoms with Gasteiger partial charge in [-0.25, -0.2) is 4.79 Å². The quantitative estimate of drug-likeness (QED) is 0.620. The SMILES string of the molecule is COc1cc(/C=C(/NC(C)=O)C(=O)O)cc(Br)c1OCCc1ccccc1. The molecule has 0 aliphatic heterocycles. The van der Waals surface area contributed by atoms with Gasteiger partial charge in [-0.2, -0.15) is 0 Å². The number of carbonyl (C=O) groups is 2. The van der Waals surface area contributed by atoms with Crippen molar-refractivity contribution in [2.75, 3.05) is 13.7 Å². The topological polar surface area (TPSA) is 84.9 Å². The number of hydrogen-bond donors (Lipinski definition) is 2. The molecule has 0 aromatic heterocycles. The maximum absolute atomic E-state index is 11.3. The zero-order valence-electron chi connectivity index (χ0n) is 15.0. The summed E-state index contributed by atoms with van der Waals surface area (Å²) in [5.41, 5.74) is 1.48. The molecule has 0 heterocycles. The molecule has 1 amide bonds. The molecule has 2 aromatic carbocycles. The number of amides is 1. The predicted molar refractivity (Wildman–Crippen MR) is 106 cm³/mol. The largest absolute Gasteiger partial charge is 0.493 e. The Morgan fingerprint density at radius 3 is 2.52 bits per heavy atom. The van der Waals surface area contributed by atoms with E-state index in [4.69, 9.17) is 9.47 Å². The number of aliphatic carboxylic acids is 1. The van der Waals surface area contributed by atoms with Gasteiger partial charge in [-0.3, -0.25) is 4.79 Å². The number of carboxylic acid groups (broad SMARTS) is 1. The van der Waals surface area contributed by atoms with Crippen LogP contribution in [-0.4, -0.2) is 30.7 Å². The van der Waals surface area contributed by atoms with Gasteiger partial charge in [-0.1, -0.05) is 30.3 Å². The van der Waals surface area contributed by atoms with Crippen LogP contribution < -0.4 is 14.8 Å². The monoisotopic (exact) mass is 433 g/mol. The third kappa shape index (κ3) is 6.14. The summed E-state index contributed by atoms with van der Waals surface area (Å²) in [6.45, 7) is 1.71. The highest BCUT2D eigenvalue weighted by atomic mass is 79.9. The van der Waals surface area contributed by atoms with E-state index in [2.05, 4.69) is 21.2 Å². The van der Waals surface area contributed by atoms with Gasteiger partial charge in [0.2, 0.25) is 5.91 Å². The molecule has 2 N–H and O–H groups in total. The number of halogens is 1. The second-order valence-corrected chi connectivity index (χ2v) is 6.52. The molecule has 0 saturated heterocycles. The molecular weight excluding hydrogens is 414 g/mol. The molecule has 2 aromatic rings. The van der Waals surface area contributed by atoms with Crippen molar-refractivity contribution in [1.82, 2.24) is 5.32 Å². The number of rotatable bonds is 8. The number of nitrogens with one attached hydrogen (secondary N) is 1. The molecule has 2 rings (SSSR count). The Morgan fingerprint density at radius 2 is 1.93 bits per heavy atom. The van der Waals surface area contributed by atoms with Crippen molar-refractivity contribution in [2.24, 2.45) is 0 Å². The first kappa shape index (κ1) is 20.5. The van der Waals surface area contributed by atoms with E-state index in [0.29, 0.717) is 28.1 Å². The van der Waals surface area contributed by atoms with Crippen molar-refractivity contribution in [3.8, 4) is 11.5 Å². The number of carboxylic acids is 1. The van der Waals surface area contributed by atoms with Gasteiger partial charge in [0.05, 0.1) is 18.2 Å².